The van der Waals surface area contributed by atoms with Crippen LogP contribution >= 0.6 is 12.2 Å². The first-order chi connectivity index (χ1) is 7.81. The molecule has 1 aromatic heterocycles. The van der Waals surface area contributed by atoms with Crippen LogP contribution in [0.2, 0.25) is 0 Å². The minimum atomic E-state index is 0.592. The average Bonchev–Trinajstić information content (AvgIpc) is 2.95. The van der Waals surface area contributed by atoms with Gasteiger partial charge in [-0.3, -0.25) is 0 Å². The second-order valence-corrected chi connectivity index (χ2v) is 4.56. The highest BCUT2D eigenvalue weighted by Gasteiger charge is 2.21. The van der Waals surface area contributed by atoms with Crippen molar-refractivity contribution in [1.29, 1.82) is 0 Å². The van der Waals surface area contributed by atoms with Crippen molar-refractivity contribution in [3.8, 4) is 0 Å². The number of hydrogen-bond acceptors (Lipinski definition) is 1. The molecule has 1 aliphatic carbocycles. The first kappa shape index (κ1) is 9.66. The Balaban J connectivity index is 1.74. The highest BCUT2D eigenvalue weighted by atomic mass is 32.1. The van der Waals surface area contributed by atoms with Gasteiger partial charge in [-0.15, -0.1) is 0 Å². The predicted molar refractivity (Wildman–Crippen MR) is 70.7 cm³/mol. The summed E-state index contributed by atoms with van der Waals surface area (Å²) in [7, 11) is 0. The van der Waals surface area contributed by atoms with Gasteiger partial charge in [0, 0.05) is 23.4 Å². The van der Waals surface area contributed by atoms with Gasteiger partial charge in [-0.25, -0.2) is 0 Å². The number of benzene rings is 1. The van der Waals surface area contributed by atoms with Gasteiger partial charge >= 0.3 is 0 Å². The molecule has 2 aromatic rings. The van der Waals surface area contributed by atoms with E-state index < -0.39 is 0 Å². The largest absolute Gasteiger partial charge is 0.361 e. The molecular weight excluding hydrogens is 218 g/mol. The summed E-state index contributed by atoms with van der Waals surface area (Å²) in [5, 5.41) is 8.38. The smallest absolute Gasteiger partial charge is 0.170 e. The molecule has 1 saturated carbocycles. The molecule has 1 aromatic carbocycles. The van der Waals surface area contributed by atoms with Gasteiger partial charge in [-0.2, -0.15) is 0 Å². The number of thiocarbonyl (C=S) groups is 1. The third-order valence-corrected chi connectivity index (χ3v) is 2.95. The van der Waals surface area contributed by atoms with Crippen LogP contribution in [0.1, 0.15) is 12.8 Å². The molecule has 0 unspecified atom stereocenters. The number of nitrogens with one attached hydrogen (secondary N) is 3. The molecule has 1 heterocycles. The molecule has 82 valence electrons. The molecule has 0 aliphatic heterocycles. The van der Waals surface area contributed by atoms with Crippen molar-refractivity contribution < 1.29 is 0 Å². The van der Waals surface area contributed by atoms with E-state index in [0.717, 1.165) is 11.2 Å². The molecular formula is C12H13N3S. The quantitative estimate of drug-likeness (QED) is 0.696. The van der Waals surface area contributed by atoms with Gasteiger partial charge in [0.05, 0.1) is 0 Å². The maximum absolute atomic E-state index is 5.22. The number of aromatic nitrogens is 1. The number of fused-ring (bicyclic) bond motifs is 1. The third-order valence-electron chi connectivity index (χ3n) is 2.73. The standard InChI is InChI=1S/C12H13N3S/c16-12(14-9-3-4-9)15-10-2-1-8-5-6-13-11(8)7-10/h1-2,5-7,9,13H,3-4H2,(H2,14,15,16). The molecule has 1 aliphatic rings. The number of rotatable bonds is 2. The van der Waals surface area contributed by atoms with E-state index in [4.69, 9.17) is 12.2 Å². The summed E-state index contributed by atoms with van der Waals surface area (Å²) in [4.78, 5) is 3.18. The van der Waals surface area contributed by atoms with Crippen LogP contribution in [0.25, 0.3) is 10.9 Å². The Hall–Kier alpha value is -1.55. The van der Waals surface area contributed by atoms with Crippen LogP contribution in [0.15, 0.2) is 30.5 Å². The fourth-order valence-corrected chi connectivity index (χ4v) is 1.99. The van der Waals surface area contributed by atoms with Gasteiger partial charge in [0.25, 0.3) is 0 Å². The van der Waals surface area contributed by atoms with Crippen molar-refractivity contribution in [2.24, 2.45) is 0 Å². The SMILES string of the molecule is S=C(Nc1ccc2cc[nH]c2c1)NC1CC1. The van der Waals surface area contributed by atoms with E-state index in [0.29, 0.717) is 11.2 Å². The summed E-state index contributed by atoms with van der Waals surface area (Å²) < 4.78 is 0. The number of aromatic amines is 1. The Morgan fingerprint density at radius 2 is 2.19 bits per heavy atom. The second-order valence-electron chi connectivity index (χ2n) is 4.15. The Morgan fingerprint density at radius 1 is 1.31 bits per heavy atom. The Kier molecular flexibility index (Phi) is 2.29. The predicted octanol–water partition coefficient (Wildman–Crippen LogP) is 2.62. The molecule has 0 amide bonds. The maximum atomic E-state index is 5.22. The van der Waals surface area contributed by atoms with Gasteiger partial charge < -0.3 is 15.6 Å². The molecule has 0 spiro atoms. The highest BCUT2D eigenvalue weighted by Crippen LogP contribution is 2.20. The summed E-state index contributed by atoms with van der Waals surface area (Å²) in [5.74, 6) is 0. The van der Waals surface area contributed by atoms with E-state index in [-0.39, 0.29) is 0 Å². The van der Waals surface area contributed by atoms with Crippen molar-refractivity contribution in [3.63, 3.8) is 0 Å². The lowest BCUT2D eigenvalue weighted by Crippen LogP contribution is -2.30. The van der Waals surface area contributed by atoms with Gasteiger partial charge in [-0.05, 0) is 48.6 Å². The van der Waals surface area contributed by atoms with Crippen molar-refractivity contribution in [3.05, 3.63) is 30.5 Å². The number of anilines is 1. The lowest BCUT2D eigenvalue weighted by molar-refractivity contribution is 0.919. The fourth-order valence-electron chi connectivity index (χ4n) is 1.71. The monoisotopic (exact) mass is 231 g/mol. The van der Waals surface area contributed by atoms with E-state index in [1.165, 1.54) is 18.2 Å². The minimum Gasteiger partial charge on any atom is -0.361 e. The summed E-state index contributed by atoms with van der Waals surface area (Å²) in [6, 6.07) is 8.83. The van der Waals surface area contributed by atoms with Crippen LogP contribution in [0.4, 0.5) is 5.69 Å². The van der Waals surface area contributed by atoms with Gasteiger partial charge in [0.1, 0.15) is 0 Å². The highest BCUT2D eigenvalue weighted by molar-refractivity contribution is 7.80. The molecule has 0 saturated heterocycles. The molecule has 0 bridgehead atoms. The number of hydrogen-bond donors (Lipinski definition) is 3. The minimum absolute atomic E-state index is 0.592. The molecule has 3 rings (SSSR count). The summed E-state index contributed by atoms with van der Waals surface area (Å²) in [6.07, 6.45) is 4.41. The molecule has 0 radical (unpaired) electrons. The van der Waals surface area contributed by atoms with E-state index in [1.54, 1.807) is 0 Å². The van der Waals surface area contributed by atoms with Crippen LogP contribution in [-0.2, 0) is 0 Å². The van der Waals surface area contributed by atoms with E-state index >= 15 is 0 Å². The molecule has 1 fully saturated rings. The lowest BCUT2D eigenvalue weighted by Gasteiger charge is -2.09. The molecule has 4 heteroatoms. The Morgan fingerprint density at radius 3 is 3.00 bits per heavy atom. The van der Waals surface area contributed by atoms with E-state index in [1.807, 2.05) is 12.3 Å². The second kappa shape index (κ2) is 3.79. The number of H-pyrrole nitrogens is 1. The van der Waals surface area contributed by atoms with Crippen LogP contribution in [0, 0.1) is 0 Å². The average molecular weight is 231 g/mol. The normalized spacial score (nSPS) is 15.0. The van der Waals surface area contributed by atoms with Gasteiger partial charge in [0.15, 0.2) is 5.11 Å². The Labute approximate surface area is 99.2 Å². The molecule has 3 N–H and O–H groups in total. The zero-order valence-corrected chi connectivity index (χ0v) is 9.60. The molecule has 3 nitrogen and oxygen atoms in total. The zero-order chi connectivity index (χ0) is 11.0. The van der Waals surface area contributed by atoms with Gasteiger partial charge in [-0.1, -0.05) is 6.07 Å². The zero-order valence-electron chi connectivity index (χ0n) is 8.79. The van der Waals surface area contributed by atoms with Crippen LogP contribution in [-0.4, -0.2) is 16.1 Å². The van der Waals surface area contributed by atoms with E-state index in [9.17, 15) is 0 Å². The van der Waals surface area contributed by atoms with Crippen molar-refractivity contribution >= 4 is 33.9 Å². The van der Waals surface area contributed by atoms with Crippen LogP contribution in [0.3, 0.4) is 0 Å². The summed E-state index contributed by atoms with van der Waals surface area (Å²) >= 11 is 5.22. The Bertz CT molecular complexity index is 528. The lowest BCUT2D eigenvalue weighted by atomic mass is 10.2. The fraction of sp³-hybridized carbons (Fsp3) is 0.250. The van der Waals surface area contributed by atoms with Crippen molar-refractivity contribution in [2.75, 3.05) is 5.32 Å². The van der Waals surface area contributed by atoms with Crippen LogP contribution in [0.5, 0.6) is 0 Å². The topological polar surface area (TPSA) is 39.9 Å². The maximum Gasteiger partial charge on any atom is 0.170 e. The summed E-state index contributed by atoms with van der Waals surface area (Å²) in [5.41, 5.74) is 2.15. The van der Waals surface area contributed by atoms with Gasteiger partial charge in [0.2, 0.25) is 0 Å². The van der Waals surface area contributed by atoms with Crippen molar-refractivity contribution in [2.45, 2.75) is 18.9 Å². The third kappa shape index (κ3) is 2.02. The summed E-state index contributed by atoms with van der Waals surface area (Å²) in [6.45, 7) is 0. The molecule has 16 heavy (non-hydrogen) atoms. The van der Waals surface area contributed by atoms with Crippen molar-refractivity contribution in [1.82, 2.24) is 10.3 Å². The first-order valence-electron chi connectivity index (χ1n) is 5.46. The van der Waals surface area contributed by atoms with Crippen LogP contribution < -0.4 is 10.6 Å². The first-order valence-corrected chi connectivity index (χ1v) is 5.87. The van der Waals surface area contributed by atoms with E-state index in [2.05, 4.69) is 33.8 Å². The molecule has 0 atom stereocenters.